The maximum absolute atomic E-state index is 14.0. The summed E-state index contributed by atoms with van der Waals surface area (Å²) < 4.78 is 25.9. The molecule has 1 aromatic carbocycles. The van der Waals surface area contributed by atoms with Crippen molar-refractivity contribution in [2.75, 3.05) is 26.9 Å². The Labute approximate surface area is 177 Å². The number of halogens is 2. The molecule has 0 saturated carbocycles. The van der Waals surface area contributed by atoms with Crippen molar-refractivity contribution < 1.29 is 18.7 Å². The molecule has 1 atom stereocenters. The molecule has 2 aromatic rings. The van der Waals surface area contributed by atoms with Crippen molar-refractivity contribution in [2.45, 2.75) is 32.0 Å². The third kappa shape index (κ3) is 4.33. The SMILES string of the molecule is COC(=O)Cn1cc(-c2cccc(F)c2Cl)c(=O)n([C@@H](C)CNC2(C)COC2)c1=O. The van der Waals surface area contributed by atoms with E-state index in [1.165, 1.54) is 31.5 Å². The van der Waals surface area contributed by atoms with E-state index in [1.54, 1.807) is 6.92 Å². The molecule has 8 nitrogen and oxygen atoms in total. The van der Waals surface area contributed by atoms with Gasteiger partial charge in [0.05, 0.1) is 42.5 Å². The number of benzene rings is 1. The molecule has 0 spiro atoms. The monoisotopic (exact) mass is 439 g/mol. The first-order valence-electron chi connectivity index (χ1n) is 9.37. The van der Waals surface area contributed by atoms with Gasteiger partial charge in [-0.15, -0.1) is 0 Å². The first-order valence-corrected chi connectivity index (χ1v) is 9.74. The first kappa shape index (κ1) is 22.2. The first-order chi connectivity index (χ1) is 14.2. The number of esters is 1. The van der Waals surface area contributed by atoms with E-state index >= 15 is 0 Å². The van der Waals surface area contributed by atoms with Crippen molar-refractivity contribution in [3.8, 4) is 11.1 Å². The fraction of sp³-hybridized carbons (Fsp3) is 0.450. The highest BCUT2D eigenvalue weighted by molar-refractivity contribution is 6.33. The van der Waals surface area contributed by atoms with E-state index in [0.29, 0.717) is 19.8 Å². The largest absolute Gasteiger partial charge is 0.468 e. The highest BCUT2D eigenvalue weighted by atomic mass is 35.5. The van der Waals surface area contributed by atoms with Gasteiger partial charge in [0.15, 0.2) is 0 Å². The van der Waals surface area contributed by atoms with Crippen LogP contribution in [0.25, 0.3) is 11.1 Å². The van der Waals surface area contributed by atoms with Crippen LogP contribution in [0.15, 0.2) is 34.0 Å². The van der Waals surface area contributed by atoms with Gasteiger partial charge in [-0.3, -0.25) is 18.7 Å². The number of hydrogen-bond acceptors (Lipinski definition) is 6. The fourth-order valence-electron chi connectivity index (χ4n) is 3.22. The van der Waals surface area contributed by atoms with E-state index in [4.69, 9.17) is 16.3 Å². The molecular weight excluding hydrogens is 417 g/mol. The maximum Gasteiger partial charge on any atom is 0.331 e. The van der Waals surface area contributed by atoms with Gasteiger partial charge in [0.25, 0.3) is 5.56 Å². The lowest BCUT2D eigenvalue weighted by molar-refractivity contribution is -0.141. The van der Waals surface area contributed by atoms with E-state index in [0.717, 1.165) is 9.13 Å². The number of ether oxygens (including phenoxy) is 2. The van der Waals surface area contributed by atoms with Gasteiger partial charge in [-0.1, -0.05) is 23.7 Å². The van der Waals surface area contributed by atoms with E-state index < -0.39 is 35.6 Å². The van der Waals surface area contributed by atoms with Crippen LogP contribution in [-0.2, 0) is 20.8 Å². The summed E-state index contributed by atoms with van der Waals surface area (Å²) in [6.45, 7) is 4.65. The predicted octanol–water partition coefficient (Wildman–Crippen LogP) is 1.58. The number of rotatable bonds is 7. The van der Waals surface area contributed by atoms with Crippen LogP contribution in [0.3, 0.4) is 0 Å². The number of methoxy groups -OCH3 is 1. The number of nitrogens with zero attached hydrogens (tertiary/aromatic N) is 2. The zero-order valence-electron chi connectivity index (χ0n) is 16.9. The lowest BCUT2D eigenvalue weighted by atomic mass is 10.0. The molecule has 1 N–H and O–H groups in total. The molecule has 0 unspecified atom stereocenters. The van der Waals surface area contributed by atoms with Crippen molar-refractivity contribution in [1.29, 1.82) is 0 Å². The molecule has 0 bridgehead atoms. The van der Waals surface area contributed by atoms with Crippen LogP contribution < -0.4 is 16.6 Å². The van der Waals surface area contributed by atoms with E-state index in [9.17, 15) is 18.8 Å². The molecule has 1 aliphatic heterocycles. The average molecular weight is 440 g/mol. The molecular formula is C20H23ClFN3O5. The summed E-state index contributed by atoms with van der Waals surface area (Å²) in [5, 5.41) is 3.05. The minimum absolute atomic E-state index is 0.00745. The molecule has 10 heteroatoms. The molecule has 3 rings (SSSR count). The van der Waals surface area contributed by atoms with Crippen molar-refractivity contribution >= 4 is 17.6 Å². The molecule has 30 heavy (non-hydrogen) atoms. The zero-order valence-corrected chi connectivity index (χ0v) is 17.7. The molecule has 1 aromatic heterocycles. The second-order valence-corrected chi connectivity index (χ2v) is 7.97. The van der Waals surface area contributed by atoms with Crippen molar-refractivity contribution in [2.24, 2.45) is 0 Å². The highest BCUT2D eigenvalue weighted by Crippen LogP contribution is 2.27. The summed E-state index contributed by atoms with van der Waals surface area (Å²) >= 11 is 6.08. The lowest BCUT2D eigenvalue weighted by Crippen LogP contribution is -2.59. The Hall–Kier alpha value is -2.49. The Morgan fingerprint density at radius 3 is 2.67 bits per heavy atom. The van der Waals surface area contributed by atoms with Gasteiger partial charge in [0.1, 0.15) is 12.4 Å². The quantitative estimate of drug-likeness (QED) is 0.659. The van der Waals surface area contributed by atoms with Crippen molar-refractivity contribution in [3.05, 3.63) is 56.1 Å². The lowest BCUT2D eigenvalue weighted by Gasteiger charge is -2.39. The van der Waals surface area contributed by atoms with Crippen LogP contribution in [0.4, 0.5) is 4.39 Å². The van der Waals surface area contributed by atoms with Crippen LogP contribution >= 0.6 is 11.6 Å². The minimum Gasteiger partial charge on any atom is -0.468 e. The molecule has 0 amide bonds. The van der Waals surface area contributed by atoms with Crippen molar-refractivity contribution in [3.63, 3.8) is 0 Å². The second-order valence-electron chi connectivity index (χ2n) is 7.59. The Bertz CT molecular complexity index is 1080. The Morgan fingerprint density at radius 2 is 2.07 bits per heavy atom. The number of hydrogen-bond donors (Lipinski definition) is 1. The molecule has 2 heterocycles. The summed E-state index contributed by atoms with van der Waals surface area (Å²) in [4.78, 5) is 38.0. The zero-order chi connectivity index (χ0) is 22.1. The summed E-state index contributed by atoms with van der Waals surface area (Å²) in [7, 11) is 1.20. The van der Waals surface area contributed by atoms with Gasteiger partial charge in [-0.25, -0.2) is 9.18 Å². The van der Waals surface area contributed by atoms with Gasteiger partial charge in [0.2, 0.25) is 0 Å². The number of carbonyl (C=O) groups is 1. The van der Waals surface area contributed by atoms with Gasteiger partial charge in [-0.05, 0) is 19.9 Å². The van der Waals surface area contributed by atoms with Crippen molar-refractivity contribution in [1.82, 2.24) is 14.5 Å². The van der Waals surface area contributed by atoms with E-state index in [1.807, 2.05) is 6.92 Å². The minimum atomic E-state index is -0.696. The van der Waals surface area contributed by atoms with Crippen LogP contribution in [0, 0.1) is 5.82 Å². The van der Waals surface area contributed by atoms with Crippen LogP contribution in [-0.4, -0.2) is 47.5 Å². The summed E-state index contributed by atoms with van der Waals surface area (Å²) in [6.07, 6.45) is 1.21. The third-order valence-corrected chi connectivity index (χ3v) is 5.45. The molecule has 1 aliphatic rings. The summed E-state index contributed by atoms with van der Waals surface area (Å²) in [6, 6.07) is 3.51. The molecule has 1 fully saturated rings. The van der Waals surface area contributed by atoms with Gasteiger partial charge >= 0.3 is 11.7 Å². The summed E-state index contributed by atoms with van der Waals surface area (Å²) in [5.74, 6) is -1.36. The van der Waals surface area contributed by atoms with Gasteiger partial charge in [-0.2, -0.15) is 0 Å². The van der Waals surface area contributed by atoms with E-state index in [2.05, 4.69) is 10.1 Å². The predicted molar refractivity (Wildman–Crippen MR) is 109 cm³/mol. The van der Waals surface area contributed by atoms with Crippen LogP contribution in [0.1, 0.15) is 19.9 Å². The second kappa shape index (κ2) is 8.71. The standard InChI is InChI=1S/C20H23ClFN3O5/c1-12(7-23-20(2)10-30-11-20)25-18(27)14(13-5-4-6-15(22)17(13)21)8-24(19(25)28)9-16(26)29-3/h4-6,8,12,23H,7,9-11H2,1-3H3/t12-/m0/s1. The maximum atomic E-state index is 14.0. The highest BCUT2D eigenvalue weighted by Gasteiger charge is 2.33. The van der Waals surface area contributed by atoms with E-state index in [-0.39, 0.29) is 21.7 Å². The summed E-state index contributed by atoms with van der Waals surface area (Å²) in [5.41, 5.74) is -1.39. The number of carbonyl (C=O) groups excluding carboxylic acids is 1. The Balaban J connectivity index is 2.11. The average Bonchev–Trinajstić information content (AvgIpc) is 2.69. The molecule has 0 radical (unpaired) electrons. The smallest absolute Gasteiger partial charge is 0.331 e. The Kier molecular flexibility index (Phi) is 6.44. The normalized spacial score (nSPS) is 16.0. The van der Waals surface area contributed by atoms with Gasteiger partial charge < -0.3 is 14.8 Å². The number of aromatic nitrogens is 2. The third-order valence-electron chi connectivity index (χ3n) is 5.06. The molecule has 162 valence electrons. The molecule has 1 saturated heterocycles. The molecule has 0 aliphatic carbocycles. The van der Waals surface area contributed by atoms with Crippen LogP contribution in [0.2, 0.25) is 5.02 Å². The topological polar surface area (TPSA) is 91.6 Å². The Morgan fingerprint density at radius 1 is 1.37 bits per heavy atom. The van der Waals surface area contributed by atoms with Crippen LogP contribution in [0.5, 0.6) is 0 Å². The van der Waals surface area contributed by atoms with Gasteiger partial charge in [0, 0.05) is 18.3 Å². The fourth-order valence-corrected chi connectivity index (χ4v) is 3.45. The number of nitrogens with one attached hydrogen (secondary N) is 1.